The maximum absolute atomic E-state index is 13.4. The molecule has 1 N–H and O–H groups in total. The fraction of sp³-hybridized carbons (Fsp3) is 0.167. The van der Waals surface area contributed by atoms with Crippen molar-refractivity contribution in [2.45, 2.75) is 13.0 Å². The molecule has 1 aromatic heterocycles. The number of hydrogen-bond acceptors (Lipinski definition) is 3. The van der Waals surface area contributed by atoms with Crippen LogP contribution < -0.4 is 5.32 Å². The molecule has 0 radical (unpaired) electrons. The topological polar surface area (TPSA) is 37.8 Å². The van der Waals surface area contributed by atoms with Gasteiger partial charge in [0.1, 0.15) is 17.3 Å². The molecule has 1 heterocycles. The van der Waals surface area contributed by atoms with E-state index < -0.39 is 11.6 Å². The Hall–Kier alpha value is -2.04. The Morgan fingerprint density at radius 3 is 2.47 bits per heavy atom. The van der Waals surface area contributed by atoms with Crippen LogP contribution in [0, 0.1) is 11.6 Å². The minimum atomic E-state index is -0.624. The average Bonchev–Trinajstić information content (AvgIpc) is 2.35. The molecular formula is C12H11F2N3. The SMILES string of the molecule is CC(Nc1c(F)cccc1F)c1cnccn1. The first-order chi connectivity index (χ1) is 8.18. The van der Waals surface area contributed by atoms with Crippen molar-refractivity contribution < 1.29 is 8.78 Å². The smallest absolute Gasteiger partial charge is 0.149 e. The molecule has 0 saturated carbocycles. The van der Waals surface area contributed by atoms with E-state index in [9.17, 15) is 8.78 Å². The zero-order chi connectivity index (χ0) is 12.3. The van der Waals surface area contributed by atoms with E-state index in [1.165, 1.54) is 24.4 Å². The number of benzene rings is 1. The predicted molar refractivity (Wildman–Crippen MR) is 60.4 cm³/mol. The molecule has 0 amide bonds. The van der Waals surface area contributed by atoms with Gasteiger partial charge in [-0.25, -0.2) is 8.78 Å². The van der Waals surface area contributed by atoms with Crippen LogP contribution in [0.5, 0.6) is 0 Å². The number of nitrogens with one attached hydrogen (secondary N) is 1. The highest BCUT2D eigenvalue weighted by Crippen LogP contribution is 2.22. The van der Waals surface area contributed by atoms with Crippen LogP contribution in [0.2, 0.25) is 0 Å². The molecular weight excluding hydrogens is 224 g/mol. The summed E-state index contributed by atoms with van der Waals surface area (Å²) in [5, 5.41) is 2.74. The third-order valence-corrected chi connectivity index (χ3v) is 2.35. The average molecular weight is 235 g/mol. The predicted octanol–water partition coefficient (Wildman–Crippen LogP) is 2.93. The second kappa shape index (κ2) is 4.86. The van der Waals surface area contributed by atoms with Crippen molar-refractivity contribution in [1.82, 2.24) is 9.97 Å². The highest BCUT2D eigenvalue weighted by Gasteiger charge is 2.13. The summed E-state index contributed by atoms with van der Waals surface area (Å²) in [6, 6.07) is 3.40. The van der Waals surface area contributed by atoms with Crippen molar-refractivity contribution >= 4 is 5.69 Å². The number of anilines is 1. The summed E-state index contributed by atoms with van der Waals surface area (Å²) in [6.07, 6.45) is 4.63. The van der Waals surface area contributed by atoms with Gasteiger partial charge in [0, 0.05) is 12.4 Å². The minimum absolute atomic E-state index is 0.148. The summed E-state index contributed by atoms with van der Waals surface area (Å²) in [5.41, 5.74) is 0.473. The Kier molecular flexibility index (Phi) is 3.27. The Bertz CT molecular complexity index is 482. The lowest BCUT2D eigenvalue weighted by Crippen LogP contribution is -2.11. The number of halogens is 2. The van der Waals surface area contributed by atoms with Gasteiger partial charge in [-0.15, -0.1) is 0 Å². The van der Waals surface area contributed by atoms with Crippen LogP contribution >= 0.6 is 0 Å². The highest BCUT2D eigenvalue weighted by atomic mass is 19.1. The normalized spacial score (nSPS) is 12.2. The molecule has 17 heavy (non-hydrogen) atoms. The summed E-state index contributed by atoms with van der Waals surface area (Å²) in [5.74, 6) is -1.25. The minimum Gasteiger partial charge on any atom is -0.372 e. The van der Waals surface area contributed by atoms with E-state index in [0.717, 1.165) is 0 Å². The maximum Gasteiger partial charge on any atom is 0.149 e. The number of aromatic nitrogens is 2. The van der Waals surface area contributed by atoms with E-state index in [0.29, 0.717) is 5.69 Å². The standard InChI is InChI=1S/C12H11F2N3/c1-8(11-7-15-5-6-16-11)17-12-9(13)3-2-4-10(12)14/h2-8,17H,1H3. The number of para-hydroxylation sites is 1. The molecule has 0 fully saturated rings. The second-order valence-electron chi connectivity index (χ2n) is 3.59. The zero-order valence-corrected chi connectivity index (χ0v) is 9.19. The van der Waals surface area contributed by atoms with Crippen molar-refractivity contribution in [3.8, 4) is 0 Å². The van der Waals surface area contributed by atoms with E-state index >= 15 is 0 Å². The van der Waals surface area contributed by atoms with Crippen LogP contribution in [0.1, 0.15) is 18.7 Å². The molecule has 1 aromatic carbocycles. The molecule has 5 heteroatoms. The fourth-order valence-corrected chi connectivity index (χ4v) is 1.46. The van der Waals surface area contributed by atoms with E-state index in [2.05, 4.69) is 15.3 Å². The van der Waals surface area contributed by atoms with Crippen LogP contribution in [0.3, 0.4) is 0 Å². The molecule has 0 aliphatic heterocycles. The molecule has 1 atom stereocenters. The van der Waals surface area contributed by atoms with Gasteiger partial charge in [-0.1, -0.05) is 6.07 Å². The van der Waals surface area contributed by atoms with E-state index in [1.54, 1.807) is 19.3 Å². The first kappa shape index (κ1) is 11.4. The van der Waals surface area contributed by atoms with Crippen LogP contribution in [0.15, 0.2) is 36.8 Å². The van der Waals surface area contributed by atoms with Crippen LogP contribution in [-0.2, 0) is 0 Å². The summed E-state index contributed by atoms with van der Waals surface area (Å²) < 4.78 is 26.8. The Morgan fingerprint density at radius 1 is 1.18 bits per heavy atom. The van der Waals surface area contributed by atoms with Crippen molar-refractivity contribution in [2.75, 3.05) is 5.32 Å². The van der Waals surface area contributed by atoms with Gasteiger partial charge < -0.3 is 5.32 Å². The molecule has 2 aromatic rings. The lowest BCUT2D eigenvalue weighted by molar-refractivity contribution is 0.584. The maximum atomic E-state index is 13.4. The number of hydrogen-bond donors (Lipinski definition) is 1. The van der Waals surface area contributed by atoms with E-state index in [4.69, 9.17) is 0 Å². The van der Waals surface area contributed by atoms with Gasteiger partial charge in [0.2, 0.25) is 0 Å². The van der Waals surface area contributed by atoms with Gasteiger partial charge in [-0.2, -0.15) is 0 Å². The van der Waals surface area contributed by atoms with Crippen molar-refractivity contribution in [3.05, 3.63) is 54.1 Å². The molecule has 0 bridgehead atoms. The van der Waals surface area contributed by atoms with Gasteiger partial charge in [0.05, 0.1) is 17.9 Å². The molecule has 0 aliphatic carbocycles. The van der Waals surface area contributed by atoms with Gasteiger partial charge >= 0.3 is 0 Å². The lowest BCUT2D eigenvalue weighted by atomic mass is 10.2. The van der Waals surface area contributed by atoms with Crippen LogP contribution in [-0.4, -0.2) is 9.97 Å². The fourth-order valence-electron chi connectivity index (χ4n) is 1.46. The molecule has 0 spiro atoms. The number of rotatable bonds is 3. The third-order valence-electron chi connectivity index (χ3n) is 2.35. The monoisotopic (exact) mass is 235 g/mol. The van der Waals surface area contributed by atoms with Gasteiger partial charge in [0.15, 0.2) is 0 Å². The van der Waals surface area contributed by atoms with Gasteiger partial charge in [-0.05, 0) is 19.1 Å². The highest BCUT2D eigenvalue weighted by molar-refractivity contribution is 5.47. The molecule has 0 saturated heterocycles. The first-order valence-corrected chi connectivity index (χ1v) is 5.15. The summed E-state index contributed by atoms with van der Waals surface area (Å²) in [4.78, 5) is 7.97. The molecule has 88 valence electrons. The van der Waals surface area contributed by atoms with Gasteiger partial charge in [-0.3, -0.25) is 9.97 Å². The Balaban J connectivity index is 2.22. The molecule has 2 rings (SSSR count). The molecule has 3 nitrogen and oxygen atoms in total. The second-order valence-corrected chi connectivity index (χ2v) is 3.59. The van der Waals surface area contributed by atoms with Crippen molar-refractivity contribution in [1.29, 1.82) is 0 Å². The first-order valence-electron chi connectivity index (χ1n) is 5.15. The van der Waals surface area contributed by atoms with Crippen LogP contribution in [0.4, 0.5) is 14.5 Å². The molecule has 0 aliphatic rings. The van der Waals surface area contributed by atoms with Crippen molar-refractivity contribution in [3.63, 3.8) is 0 Å². The summed E-state index contributed by atoms with van der Waals surface area (Å²) in [7, 11) is 0. The zero-order valence-electron chi connectivity index (χ0n) is 9.19. The summed E-state index contributed by atoms with van der Waals surface area (Å²) >= 11 is 0. The lowest BCUT2D eigenvalue weighted by Gasteiger charge is -2.15. The summed E-state index contributed by atoms with van der Waals surface area (Å²) in [6.45, 7) is 1.76. The van der Waals surface area contributed by atoms with E-state index in [1.807, 2.05) is 0 Å². The Labute approximate surface area is 97.5 Å². The molecule has 1 unspecified atom stereocenters. The number of nitrogens with zero attached hydrogens (tertiary/aromatic N) is 2. The third kappa shape index (κ3) is 2.55. The van der Waals surface area contributed by atoms with Gasteiger partial charge in [0.25, 0.3) is 0 Å². The van der Waals surface area contributed by atoms with Crippen LogP contribution in [0.25, 0.3) is 0 Å². The largest absolute Gasteiger partial charge is 0.372 e. The van der Waals surface area contributed by atoms with E-state index in [-0.39, 0.29) is 11.7 Å². The Morgan fingerprint density at radius 2 is 1.88 bits per heavy atom. The van der Waals surface area contributed by atoms with Crippen molar-refractivity contribution in [2.24, 2.45) is 0 Å². The quantitative estimate of drug-likeness (QED) is 0.888.